The van der Waals surface area contributed by atoms with E-state index in [9.17, 15) is 18.0 Å². The van der Waals surface area contributed by atoms with Crippen molar-refractivity contribution in [3.05, 3.63) is 41.0 Å². The van der Waals surface area contributed by atoms with Crippen LogP contribution in [0.1, 0.15) is 33.9 Å². The summed E-state index contributed by atoms with van der Waals surface area (Å²) < 4.78 is 37.2. The lowest BCUT2D eigenvalue weighted by Gasteiger charge is -2.07. The molecule has 0 aliphatic heterocycles. The monoisotopic (exact) mass is 296 g/mol. The van der Waals surface area contributed by atoms with Crippen molar-refractivity contribution in [3.8, 4) is 0 Å². The van der Waals surface area contributed by atoms with Crippen molar-refractivity contribution >= 4 is 11.6 Å². The molecule has 1 aliphatic carbocycles. The third-order valence-corrected chi connectivity index (χ3v) is 3.33. The number of rotatable bonds is 2. The number of anilines is 1. The molecule has 110 valence electrons. The van der Waals surface area contributed by atoms with E-state index in [1.807, 2.05) is 0 Å². The Morgan fingerprint density at radius 3 is 2.76 bits per heavy atom. The van der Waals surface area contributed by atoms with Gasteiger partial charge in [-0.15, -0.1) is 0 Å². The number of nitrogens with zero attached hydrogens (tertiary/aromatic N) is 2. The number of aromatic amines is 1. The largest absolute Gasteiger partial charge is 0.433 e. The molecule has 0 fully saturated rings. The van der Waals surface area contributed by atoms with Gasteiger partial charge in [0.2, 0.25) is 0 Å². The summed E-state index contributed by atoms with van der Waals surface area (Å²) in [6.07, 6.45) is -0.914. The number of amides is 1. The molecule has 1 aliphatic rings. The maximum absolute atomic E-state index is 12.4. The Morgan fingerprint density at radius 1 is 1.29 bits per heavy atom. The third kappa shape index (κ3) is 2.61. The highest BCUT2D eigenvalue weighted by atomic mass is 19.4. The molecule has 2 heterocycles. The van der Waals surface area contributed by atoms with Crippen LogP contribution in [0.5, 0.6) is 0 Å². The highest BCUT2D eigenvalue weighted by molar-refractivity contribution is 6.04. The molecule has 21 heavy (non-hydrogen) atoms. The molecule has 0 saturated heterocycles. The van der Waals surface area contributed by atoms with E-state index in [1.54, 1.807) is 0 Å². The van der Waals surface area contributed by atoms with Crippen LogP contribution in [0.2, 0.25) is 0 Å². The predicted octanol–water partition coefficient (Wildman–Crippen LogP) is 2.56. The second-order valence-corrected chi connectivity index (χ2v) is 4.77. The molecule has 8 heteroatoms. The number of nitrogens with one attached hydrogen (secondary N) is 2. The van der Waals surface area contributed by atoms with Gasteiger partial charge in [0, 0.05) is 11.3 Å². The molecule has 3 rings (SSSR count). The van der Waals surface area contributed by atoms with Crippen LogP contribution < -0.4 is 5.32 Å². The van der Waals surface area contributed by atoms with Crippen molar-refractivity contribution in [2.24, 2.45) is 0 Å². The Hall–Kier alpha value is -2.38. The molecule has 2 aromatic heterocycles. The first-order valence-corrected chi connectivity index (χ1v) is 6.36. The van der Waals surface area contributed by atoms with Crippen molar-refractivity contribution < 1.29 is 18.0 Å². The Labute approximate surface area is 117 Å². The van der Waals surface area contributed by atoms with Gasteiger partial charge in [0.15, 0.2) is 5.69 Å². The van der Waals surface area contributed by atoms with E-state index in [0.29, 0.717) is 5.69 Å². The fourth-order valence-electron chi connectivity index (χ4n) is 2.33. The van der Waals surface area contributed by atoms with Gasteiger partial charge in [-0.1, -0.05) is 0 Å². The van der Waals surface area contributed by atoms with Crippen LogP contribution >= 0.6 is 0 Å². The summed E-state index contributed by atoms with van der Waals surface area (Å²) in [7, 11) is 0. The second-order valence-electron chi connectivity index (χ2n) is 4.77. The average Bonchev–Trinajstić information content (AvgIpc) is 3.00. The summed E-state index contributed by atoms with van der Waals surface area (Å²) in [6.45, 7) is 0. The van der Waals surface area contributed by atoms with Crippen LogP contribution in [0.25, 0.3) is 0 Å². The van der Waals surface area contributed by atoms with Crippen LogP contribution in [0.3, 0.4) is 0 Å². The van der Waals surface area contributed by atoms with Gasteiger partial charge in [0.05, 0.1) is 11.9 Å². The maximum atomic E-state index is 12.4. The first kappa shape index (κ1) is 13.6. The van der Waals surface area contributed by atoms with Crippen LogP contribution in [0.15, 0.2) is 18.3 Å². The lowest BCUT2D eigenvalue weighted by Crippen LogP contribution is -2.15. The average molecular weight is 296 g/mol. The second kappa shape index (κ2) is 4.87. The zero-order valence-corrected chi connectivity index (χ0v) is 10.8. The minimum Gasteiger partial charge on any atom is -0.319 e. The predicted molar refractivity (Wildman–Crippen MR) is 67.8 cm³/mol. The highest BCUT2D eigenvalue weighted by Gasteiger charge is 2.32. The first-order chi connectivity index (χ1) is 9.95. The van der Waals surface area contributed by atoms with E-state index in [4.69, 9.17) is 0 Å². The lowest BCUT2D eigenvalue weighted by atomic mass is 10.2. The molecular weight excluding hydrogens is 285 g/mol. The van der Waals surface area contributed by atoms with Gasteiger partial charge in [-0.25, -0.2) is 4.98 Å². The maximum Gasteiger partial charge on any atom is 0.433 e. The third-order valence-electron chi connectivity index (χ3n) is 3.33. The fraction of sp³-hybridized carbons (Fsp3) is 0.308. The number of hydrogen-bond acceptors (Lipinski definition) is 3. The minimum absolute atomic E-state index is 0.197. The van der Waals surface area contributed by atoms with Gasteiger partial charge < -0.3 is 5.32 Å². The van der Waals surface area contributed by atoms with E-state index in [-0.39, 0.29) is 5.69 Å². The summed E-state index contributed by atoms with van der Waals surface area (Å²) in [4.78, 5) is 15.4. The number of aromatic nitrogens is 3. The first-order valence-electron chi connectivity index (χ1n) is 6.36. The van der Waals surface area contributed by atoms with Gasteiger partial charge in [0.1, 0.15) is 5.69 Å². The zero-order valence-electron chi connectivity index (χ0n) is 10.8. The molecule has 5 nitrogen and oxygen atoms in total. The fourth-order valence-corrected chi connectivity index (χ4v) is 2.33. The normalized spacial score (nSPS) is 14.0. The smallest absolute Gasteiger partial charge is 0.319 e. The summed E-state index contributed by atoms with van der Waals surface area (Å²) >= 11 is 0. The number of aryl methyl sites for hydroxylation is 1. The molecule has 2 aromatic rings. The standard InChI is InChI=1S/C13H11F3N4O/c14-13(15,16)10-5-4-7(6-17-10)18-12(21)11-8-2-1-3-9(8)19-20-11/h4-6H,1-3H2,(H,18,21)(H,19,20). The minimum atomic E-state index is -4.49. The molecule has 2 N–H and O–H groups in total. The number of H-pyrrole nitrogens is 1. The number of hydrogen-bond donors (Lipinski definition) is 2. The van der Waals surface area contributed by atoms with Crippen molar-refractivity contribution in [3.63, 3.8) is 0 Å². The Balaban J connectivity index is 1.76. The number of carbonyl (C=O) groups is 1. The molecule has 0 radical (unpaired) electrons. The van der Waals surface area contributed by atoms with Crippen molar-refractivity contribution in [1.82, 2.24) is 15.2 Å². The number of alkyl halides is 3. The van der Waals surface area contributed by atoms with Crippen LogP contribution in [-0.2, 0) is 19.0 Å². The van der Waals surface area contributed by atoms with E-state index >= 15 is 0 Å². The van der Waals surface area contributed by atoms with Gasteiger partial charge in [0.25, 0.3) is 5.91 Å². The van der Waals surface area contributed by atoms with Gasteiger partial charge in [-0.05, 0) is 31.4 Å². The van der Waals surface area contributed by atoms with Gasteiger partial charge >= 0.3 is 6.18 Å². The summed E-state index contributed by atoms with van der Waals surface area (Å²) in [6, 6.07) is 1.99. The quantitative estimate of drug-likeness (QED) is 0.894. The SMILES string of the molecule is O=C(Nc1ccc(C(F)(F)F)nc1)c1n[nH]c2c1CCC2. The Kier molecular flexibility index (Phi) is 3.15. The van der Waals surface area contributed by atoms with Crippen molar-refractivity contribution in [2.45, 2.75) is 25.4 Å². The Bertz CT molecular complexity index is 676. The molecule has 0 unspecified atom stereocenters. The summed E-state index contributed by atoms with van der Waals surface area (Å²) in [5, 5.41) is 9.26. The van der Waals surface area contributed by atoms with E-state index < -0.39 is 17.8 Å². The molecular formula is C13H11F3N4O. The van der Waals surface area contributed by atoms with Crippen LogP contribution in [0, 0.1) is 0 Å². The number of fused-ring (bicyclic) bond motifs is 1. The van der Waals surface area contributed by atoms with E-state index in [1.165, 1.54) is 6.07 Å². The molecule has 0 aromatic carbocycles. The molecule has 1 amide bonds. The molecule has 0 atom stereocenters. The number of carbonyl (C=O) groups excluding carboxylic acids is 1. The van der Waals surface area contributed by atoms with Gasteiger partial charge in [-0.3, -0.25) is 9.89 Å². The summed E-state index contributed by atoms with van der Waals surface area (Å²) in [5.74, 6) is -0.448. The van der Waals surface area contributed by atoms with Crippen LogP contribution in [0.4, 0.5) is 18.9 Å². The molecule has 0 spiro atoms. The highest BCUT2D eigenvalue weighted by Crippen LogP contribution is 2.28. The number of halogens is 3. The lowest BCUT2D eigenvalue weighted by molar-refractivity contribution is -0.141. The van der Waals surface area contributed by atoms with Crippen molar-refractivity contribution in [2.75, 3.05) is 5.32 Å². The molecule has 0 saturated carbocycles. The Morgan fingerprint density at radius 2 is 2.10 bits per heavy atom. The summed E-state index contributed by atoms with van der Waals surface area (Å²) in [5.41, 5.74) is 1.32. The van der Waals surface area contributed by atoms with Gasteiger partial charge in [-0.2, -0.15) is 18.3 Å². The van der Waals surface area contributed by atoms with E-state index in [2.05, 4.69) is 20.5 Å². The zero-order chi connectivity index (χ0) is 15.0. The topological polar surface area (TPSA) is 70.7 Å². The number of pyridine rings is 1. The molecule has 0 bridgehead atoms. The van der Waals surface area contributed by atoms with E-state index in [0.717, 1.165) is 42.8 Å². The van der Waals surface area contributed by atoms with Crippen LogP contribution in [-0.4, -0.2) is 21.1 Å². The van der Waals surface area contributed by atoms with Crippen molar-refractivity contribution in [1.29, 1.82) is 0 Å².